The summed E-state index contributed by atoms with van der Waals surface area (Å²) in [5, 5.41) is 11.6. The van der Waals surface area contributed by atoms with Crippen molar-refractivity contribution in [1.29, 1.82) is 0 Å². The van der Waals surface area contributed by atoms with Crippen LogP contribution < -0.4 is 10.9 Å². The fraction of sp³-hybridized carbons (Fsp3) is 0.800. The van der Waals surface area contributed by atoms with Gasteiger partial charge in [0.15, 0.2) is 0 Å². The molecule has 1 fully saturated rings. The molecule has 5 heteroatoms. The minimum Gasteiger partial charge on any atom is -0.352 e. The number of nitrogens with zero attached hydrogens (tertiary/aromatic N) is 2. The van der Waals surface area contributed by atoms with Crippen molar-refractivity contribution >= 4 is 5.95 Å². The van der Waals surface area contributed by atoms with Gasteiger partial charge in [0.25, 0.3) is 5.56 Å². The van der Waals surface area contributed by atoms with E-state index in [9.17, 15) is 4.79 Å². The summed E-state index contributed by atoms with van der Waals surface area (Å²) in [6.07, 6.45) is 8.75. The third kappa shape index (κ3) is 4.05. The van der Waals surface area contributed by atoms with Crippen molar-refractivity contribution in [3.8, 4) is 0 Å². The van der Waals surface area contributed by atoms with Crippen molar-refractivity contribution in [2.24, 2.45) is 0 Å². The molecule has 0 amide bonds. The van der Waals surface area contributed by atoms with E-state index in [1.165, 1.54) is 32.1 Å². The van der Waals surface area contributed by atoms with Gasteiger partial charge in [-0.15, -0.1) is 10.2 Å². The standard InChI is InChI=1S/C15H26N4O/c1-15(2,3)12-13(20)17-14(19-18-12)16-11-9-7-5-4-6-8-10-11/h11H,4-10H2,1-3H3,(H2,16,17,19,20). The molecule has 112 valence electrons. The van der Waals surface area contributed by atoms with Gasteiger partial charge >= 0.3 is 0 Å². The number of H-pyrrole nitrogens is 1. The van der Waals surface area contributed by atoms with E-state index in [0.29, 0.717) is 17.7 Å². The number of aromatic nitrogens is 3. The van der Waals surface area contributed by atoms with Crippen LogP contribution in [-0.4, -0.2) is 21.2 Å². The number of nitrogens with one attached hydrogen (secondary N) is 2. The Kier molecular flexibility index (Phi) is 4.78. The molecule has 1 saturated carbocycles. The molecule has 1 aromatic heterocycles. The van der Waals surface area contributed by atoms with E-state index in [-0.39, 0.29) is 11.0 Å². The van der Waals surface area contributed by atoms with E-state index in [2.05, 4.69) is 20.5 Å². The summed E-state index contributed by atoms with van der Waals surface area (Å²) in [4.78, 5) is 14.9. The number of aromatic amines is 1. The summed E-state index contributed by atoms with van der Waals surface area (Å²) in [6.45, 7) is 5.90. The average Bonchev–Trinajstić information content (AvgIpc) is 2.31. The van der Waals surface area contributed by atoms with Crippen LogP contribution in [0.1, 0.15) is 71.4 Å². The first-order valence-electron chi connectivity index (χ1n) is 7.71. The van der Waals surface area contributed by atoms with Crippen LogP contribution in [0.15, 0.2) is 4.79 Å². The molecule has 1 aliphatic rings. The Morgan fingerprint density at radius 1 is 1.05 bits per heavy atom. The molecule has 1 aliphatic carbocycles. The van der Waals surface area contributed by atoms with E-state index in [4.69, 9.17) is 0 Å². The first kappa shape index (κ1) is 15.0. The molecule has 0 radical (unpaired) electrons. The Morgan fingerprint density at radius 3 is 2.20 bits per heavy atom. The molecule has 0 spiro atoms. The van der Waals surface area contributed by atoms with Crippen LogP contribution in [0, 0.1) is 0 Å². The van der Waals surface area contributed by atoms with Crippen LogP contribution in [0.5, 0.6) is 0 Å². The van der Waals surface area contributed by atoms with E-state index in [0.717, 1.165) is 12.8 Å². The zero-order valence-corrected chi connectivity index (χ0v) is 12.8. The maximum atomic E-state index is 12.1. The van der Waals surface area contributed by atoms with Gasteiger partial charge in [-0.25, -0.2) is 0 Å². The van der Waals surface area contributed by atoms with Crippen LogP contribution in [0.2, 0.25) is 0 Å². The lowest BCUT2D eigenvalue weighted by Gasteiger charge is -2.21. The Morgan fingerprint density at radius 2 is 1.65 bits per heavy atom. The lowest BCUT2D eigenvalue weighted by molar-refractivity contribution is 0.468. The van der Waals surface area contributed by atoms with Crippen molar-refractivity contribution in [2.45, 2.75) is 77.2 Å². The molecule has 1 heterocycles. The Bertz CT molecular complexity index is 481. The Balaban J connectivity index is 2.06. The first-order valence-corrected chi connectivity index (χ1v) is 7.71. The van der Waals surface area contributed by atoms with Crippen molar-refractivity contribution in [1.82, 2.24) is 15.2 Å². The molecule has 0 aliphatic heterocycles. The lowest BCUT2D eigenvalue weighted by Crippen LogP contribution is -2.30. The third-order valence-electron chi connectivity index (χ3n) is 3.85. The molecule has 0 saturated heterocycles. The van der Waals surface area contributed by atoms with Crippen molar-refractivity contribution in [3.63, 3.8) is 0 Å². The molecule has 0 bridgehead atoms. The number of hydrogen-bond donors (Lipinski definition) is 2. The predicted molar refractivity (Wildman–Crippen MR) is 81.1 cm³/mol. The summed E-state index contributed by atoms with van der Waals surface area (Å²) in [7, 11) is 0. The van der Waals surface area contributed by atoms with Gasteiger partial charge < -0.3 is 5.32 Å². The van der Waals surface area contributed by atoms with Crippen LogP contribution in [0.25, 0.3) is 0 Å². The second-order valence-corrected chi connectivity index (χ2v) is 6.79. The Hall–Kier alpha value is -1.39. The fourth-order valence-corrected chi connectivity index (χ4v) is 2.69. The summed E-state index contributed by atoms with van der Waals surface area (Å²) >= 11 is 0. The van der Waals surface area contributed by atoms with Gasteiger partial charge in [0.05, 0.1) is 0 Å². The first-order chi connectivity index (χ1) is 9.47. The third-order valence-corrected chi connectivity index (χ3v) is 3.85. The van der Waals surface area contributed by atoms with E-state index < -0.39 is 0 Å². The molecule has 0 unspecified atom stereocenters. The summed E-state index contributed by atoms with van der Waals surface area (Å²) in [5.74, 6) is 0.508. The van der Waals surface area contributed by atoms with Gasteiger partial charge in [-0.2, -0.15) is 0 Å². The molecule has 20 heavy (non-hydrogen) atoms. The maximum Gasteiger partial charge on any atom is 0.274 e. The molecular weight excluding hydrogens is 252 g/mol. The highest BCUT2D eigenvalue weighted by Gasteiger charge is 2.21. The SMILES string of the molecule is CC(C)(C)c1nnc(NC2CCCCCCC2)[nH]c1=O. The lowest BCUT2D eigenvalue weighted by atomic mass is 9.93. The Labute approximate surface area is 120 Å². The maximum absolute atomic E-state index is 12.1. The largest absolute Gasteiger partial charge is 0.352 e. The minimum atomic E-state index is -0.278. The van der Waals surface area contributed by atoms with E-state index in [1.807, 2.05) is 20.8 Å². The molecule has 0 aromatic carbocycles. The minimum absolute atomic E-state index is 0.138. The zero-order chi connectivity index (χ0) is 14.6. The van der Waals surface area contributed by atoms with Gasteiger partial charge in [0.2, 0.25) is 5.95 Å². The van der Waals surface area contributed by atoms with Gasteiger partial charge in [0.1, 0.15) is 5.69 Å². The van der Waals surface area contributed by atoms with Gasteiger partial charge in [-0.1, -0.05) is 52.9 Å². The van der Waals surface area contributed by atoms with Crippen LogP contribution in [0.4, 0.5) is 5.95 Å². The highest BCUT2D eigenvalue weighted by molar-refractivity contribution is 5.24. The van der Waals surface area contributed by atoms with Crippen LogP contribution >= 0.6 is 0 Å². The van der Waals surface area contributed by atoms with Crippen molar-refractivity contribution in [2.75, 3.05) is 5.32 Å². The monoisotopic (exact) mass is 278 g/mol. The smallest absolute Gasteiger partial charge is 0.274 e. The van der Waals surface area contributed by atoms with Crippen LogP contribution in [-0.2, 0) is 5.41 Å². The highest BCUT2D eigenvalue weighted by atomic mass is 16.1. The highest BCUT2D eigenvalue weighted by Crippen LogP contribution is 2.19. The van der Waals surface area contributed by atoms with Crippen molar-refractivity contribution < 1.29 is 0 Å². The zero-order valence-electron chi connectivity index (χ0n) is 12.8. The van der Waals surface area contributed by atoms with Gasteiger partial charge in [-0.3, -0.25) is 9.78 Å². The topological polar surface area (TPSA) is 70.7 Å². The second-order valence-electron chi connectivity index (χ2n) is 6.79. The average molecular weight is 278 g/mol. The quantitative estimate of drug-likeness (QED) is 0.872. The second kappa shape index (κ2) is 6.37. The van der Waals surface area contributed by atoms with E-state index in [1.54, 1.807) is 0 Å². The van der Waals surface area contributed by atoms with Crippen LogP contribution in [0.3, 0.4) is 0 Å². The molecule has 5 nitrogen and oxygen atoms in total. The molecular formula is C15H26N4O. The van der Waals surface area contributed by atoms with Gasteiger partial charge in [0, 0.05) is 11.5 Å². The molecule has 0 atom stereocenters. The fourth-order valence-electron chi connectivity index (χ4n) is 2.69. The summed E-state index contributed by atoms with van der Waals surface area (Å²) in [6, 6.07) is 0.403. The number of hydrogen-bond acceptors (Lipinski definition) is 4. The number of anilines is 1. The molecule has 1 aromatic rings. The predicted octanol–water partition coefficient (Wildman–Crippen LogP) is 2.99. The summed E-state index contributed by atoms with van der Waals surface area (Å²) < 4.78 is 0. The molecule has 2 N–H and O–H groups in total. The summed E-state index contributed by atoms with van der Waals surface area (Å²) in [5.41, 5.74) is 0.0702. The molecule has 2 rings (SSSR count). The van der Waals surface area contributed by atoms with Gasteiger partial charge in [-0.05, 0) is 12.8 Å². The van der Waals surface area contributed by atoms with Crippen molar-refractivity contribution in [3.05, 3.63) is 16.0 Å². The van der Waals surface area contributed by atoms with E-state index >= 15 is 0 Å². The normalized spacial score (nSPS) is 18.4. The number of rotatable bonds is 2.